The number of nitrogens with zero attached hydrogens (tertiary/aromatic N) is 2. The third-order valence-corrected chi connectivity index (χ3v) is 11.7. The Morgan fingerprint density at radius 3 is 0.868 bits per heavy atom. The Morgan fingerprint density at radius 1 is 0.342 bits per heavy atom. The molecule has 0 spiro atoms. The normalized spacial score (nSPS) is 13.3. The Hall–Kier alpha value is -7.40. The lowest BCUT2D eigenvalue weighted by atomic mass is 9.12. The zero-order valence-electron chi connectivity index (χ0n) is 37.0. The van der Waals surface area contributed by atoms with Gasteiger partial charge in [0.15, 0.2) is 12.7 Å². The van der Waals surface area contributed by atoms with E-state index < -0.39 is 195 Å². The summed E-state index contributed by atoms with van der Waals surface area (Å²) in [7, 11) is 0. The van der Waals surface area contributed by atoms with E-state index >= 15 is 0 Å². The highest BCUT2D eigenvalue weighted by atomic mass is 19.4. The zero-order chi connectivity index (χ0) is 57.0. The fraction of sp³-hybridized carbons (Fsp3) is 0.184. The van der Waals surface area contributed by atoms with Crippen LogP contribution in [0.2, 0.25) is 0 Å². The molecule has 402 valence electrons. The zero-order valence-corrected chi connectivity index (χ0v) is 37.0. The molecule has 0 saturated carbocycles. The smallest absolute Gasteiger partial charge is 0.194 e. The lowest BCUT2D eigenvalue weighted by molar-refractivity contribution is -0.662. The van der Waals surface area contributed by atoms with Crippen molar-refractivity contribution in [1.82, 2.24) is 0 Å². The number of rotatable bonds is 6. The maximum absolute atomic E-state index is 14.2. The molecular weight excluding hydrogens is 1080 g/mol. The van der Waals surface area contributed by atoms with Gasteiger partial charge < -0.3 is 0 Å². The first-order valence-electron chi connectivity index (χ1n) is 20.9. The number of hydrogen-bond donors (Lipinski definition) is 0. The van der Waals surface area contributed by atoms with Gasteiger partial charge in [0.1, 0.15) is 12.2 Å². The average molecular weight is 1110 g/mol. The van der Waals surface area contributed by atoms with Gasteiger partial charge in [0.2, 0.25) is 5.52 Å². The topological polar surface area (TPSA) is 27.7 Å². The van der Waals surface area contributed by atoms with Gasteiger partial charge in [0.25, 0.3) is 0 Å². The molecule has 0 bridgehead atoms. The third kappa shape index (κ3) is 12.6. The molecule has 0 unspecified atom stereocenters. The van der Waals surface area contributed by atoms with Crippen LogP contribution in [0, 0.1) is 11.3 Å². The molecule has 0 aliphatic carbocycles. The molecular formula is C49H25BF24N2. The van der Waals surface area contributed by atoms with Gasteiger partial charge >= 0.3 is 49.4 Å². The molecule has 6 aromatic carbocycles. The Balaban J connectivity index is 0.000000408. The second-order valence-corrected chi connectivity index (χ2v) is 16.7. The molecule has 7 aromatic rings. The number of nitriles is 1. The highest BCUT2D eigenvalue weighted by molar-refractivity contribution is 7.20. The summed E-state index contributed by atoms with van der Waals surface area (Å²) < 4.78 is 343. The molecule has 76 heavy (non-hydrogen) atoms. The Labute approximate surface area is 411 Å². The molecule has 0 N–H and O–H groups in total. The summed E-state index contributed by atoms with van der Waals surface area (Å²) in [6, 6.07) is 13.7. The molecule has 1 heterocycles. The van der Waals surface area contributed by atoms with Gasteiger partial charge in [-0.2, -0.15) is 137 Å². The van der Waals surface area contributed by atoms with Crippen molar-refractivity contribution in [2.45, 2.75) is 56.0 Å². The van der Waals surface area contributed by atoms with Crippen LogP contribution in [0.3, 0.4) is 0 Å². The molecule has 27 heteroatoms. The van der Waals surface area contributed by atoms with Crippen LogP contribution in [0.4, 0.5) is 105 Å². The number of benzene rings is 6. The van der Waals surface area contributed by atoms with E-state index in [-0.39, 0.29) is 0 Å². The molecule has 0 aliphatic rings. The Bertz CT molecular complexity index is 2860. The SMILES string of the molecule is FC(F)(F)c1cc([B-](c2cc(C(F)(F)F)cc(C(F)(F)F)c2)(c2cc(C(F)(F)F)cc(C(F)(F)F)c2)c2cc(C(F)(F)F)cc(C(F)(F)F)c2)cc(C(F)(F)F)c1.N#Cc1cc[n+](Cc2ccccc2)c2ccccc12. The van der Waals surface area contributed by atoms with Crippen molar-refractivity contribution in [2.24, 2.45) is 0 Å². The first kappa shape index (κ1) is 57.9. The number of alkyl halides is 24. The van der Waals surface area contributed by atoms with E-state index in [0.717, 1.165) is 23.0 Å². The van der Waals surface area contributed by atoms with Crippen molar-refractivity contribution in [1.29, 1.82) is 5.26 Å². The van der Waals surface area contributed by atoms with Crippen molar-refractivity contribution < 1.29 is 110 Å². The quantitative estimate of drug-likeness (QED) is 0.0926. The predicted octanol–water partition coefficient (Wildman–Crippen LogP) is 14.3. The monoisotopic (exact) mass is 1110 g/mol. The van der Waals surface area contributed by atoms with E-state index in [4.69, 9.17) is 5.26 Å². The van der Waals surface area contributed by atoms with Crippen molar-refractivity contribution >= 4 is 38.9 Å². The molecule has 0 aliphatic heterocycles. The van der Waals surface area contributed by atoms with Crippen LogP contribution in [0.25, 0.3) is 10.9 Å². The first-order valence-corrected chi connectivity index (χ1v) is 20.9. The molecule has 7 rings (SSSR count). The third-order valence-electron chi connectivity index (χ3n) is 11.7. The maximum Gasteiger partial charge on any atom is 0.416 e. The van der Waals surface area contributed by atoms with Crippen molar-refractivity contribution in [2.75, 3.05) is 0 Å². The maximum atomic E-state index is 14.2. The minimum atomic E-state index is -6.13. The number of pyridine rings is 1. The summed E-state index contributed by atoms with van der Waals surface area (Å²) in [4.78, 5) is 0. The summed E-state index contributed by atoms with van der Waals surface area (Å²) >= 11 is 0. The highest BCUT2D eigenvalue weighted by Gasteiger charge is 2.47. The van der Waals surface area contributed by atoms with Gasteiger partial charge in [-0.3, -0.25) is 0 Å². The number of aromatic nitrogens is 1. The van der Waals surface area contributed by atoms with Gasteiger partial charge in [0, 0.05) is 17.7 Å². The molecule has 0 fully saturated rings. The van der Waals surface area contributed by atoms with Crippen LogP contribution in [0.15, 0.2) is 140 Å². The van der Waals surface area contributed by atoms with E-state index in [0.29, 0.717) is 0 Å². The van der Waals surface area contributed by atoms with Crippen LogP contribution in [0.1, 0.15) is 55.6 Å². The van der Waals surface area contributed by atoms with Gasteiger partial charge in [0.05, 0.1) is 55.5 Å². The molecule has 2 nitrogen and oxygen atoms in total. The fourth-order valence-electron chi connectivity index (χ4n) is 8.37. The number of hydrogen-bond acceptors (Lipinski definition) is 1. The summed E-state index contributed by atoms with van der Waals surface area (Å²) in [5, 5.41) is 10.2. The minimum Gasteiger partial charge on any atom is -0.194 e. The van der Waals surface area contributed by atoms with E-state index in [9.17, 15) is 105 Å². The summed E-state index contributed by atoms with van der Waals surface area (Å²) in [5.74, 6) is 0. The summed E-state index contributed by atoms with van der Waals surface area (Å²) in [6.45, 7) is 0.813. The van der Waals surface area contributed by atoms with Crippen molar-refractivity contribution in [3.8, 4) is 6.07 Å². The van der Waals surface area contributed by atoms with Crippen LogP contribution in [0.5, 0.6) is 0 Å². The minimum absolute atomic E-state index is 0.691. The number of para-hydroxylation sites is 1. The standard InChI is InChI=1S/C32H12BF24.C17H13N2/c34-25(35,36)13-1-14(26(37,38)39)6-21(5-13)33(22-7-15(27(40,41)42)2-16(8-22)28(43,44)45,23-9-17(29(46,47)48)3-18(10-23)30(49,50)51)24-11-19(31(52,53)54)4-20(12-24)32(55,56)57;18-12-15-10-11-19(13-14-6-2-1-3-7-14)17-9-5-4-8-16(15)17/h1-12H;1-11H,13H2/q-1;+1. The van der Waals surface area contributed by atoms with E-state index in [2.05, 4.69) is 28.8 Å². The van der Waals surface area contributed by atoms with Crippen LogP contribution >= 0.6 is 0 Å². The second kappa shape index (κ2) is 20.0. The lowest BCUT2D eigenvalue weighted by Gasteiger charge is -2.46. The lowest BCUT2D eigenvalue weighted by Crippen LogP contribution is -2.75. The van der Waals surface area contributed by atoms with Crippen LogP contribution in [-0.2, 0) is 56.0 Å². The van der Waals surface area contributed by atoms with E-state index in [1.807, 2.05) is 48.7 Å². The summed E-state index contributed by atoms with van der Waals surface area (Å²) in [6.07, 6.45) is -52.8. The Kier molecular flexibility index (Phi) is 15.2. The largest absolute Gasteiger partial charge is 0.416 e. The van der Waals surface area contributed by atoms with E-state index in [1.54, 1.807) is 0 Å². The van der Waals surface area contributed by atoms with E-state index in [1.165, 1.54) is 5.56 Å². The number of halogens is 24. The molecule has 0 radical (unpaired) electrons. The molecule has 0 saturated heterocycles. The van der Waals surface area contributed by atoms with Crippen LogP contribution in [-0.4, -0.2) is 6.15 Å². The molecule has 1 aromatic heterocycles. The van der Waals surface area contributed by atoms with Crippen molar-refractivity contribution in [3.05, 3.63) is 195 Å². The van der Waals surface area contributed by atoms with Crippen molar-refractivity contribution in [3.63, 3.8) is 0 Å². The number of fused-ring (bicyclic) bond motifs is 1. The van der Waals surface area contributed by atoms with Crippen LogP contribution < -0.4 is 26.4 Å². The first-order chi connectivity index (χ1) is 34.6. The molecule has 0 atom stereocenters. The van der Waals surface area contributed by atoms with Gasteiger partial charge in [-0.1, -0.05) is 91.0 Å². The average Bonchev–Trinajstić information content (AvgIpc) is 3.30. The predicted molar refractivity (Wildman–Crippen MR) is 224 cm³/mol. The molecule has 0 amide bonds. The summed E-state index contributed by atoms with van der Waals surface area (Å²) in [5.41, 5.74) is -27.1. The highest BCUT2D eigenvalue weighted by Crippen LogP contribution is 2.41. The Morgan fingerprint density at radius 2 is 0.605 bits per heavy atom. The fourth-order valence-corrected chi connectivity index (χ4v) is 8.37. The second-order valence-electron chi connectivity index (χ2n) is 16.7. The van der Waals surface area contributed by atoms with Gasteiger partial charge in [-0.15, -0.1) is 0 Å². The van der Waals surface area contributed by atoms with Gasteiger partial charge in [-0.25, -0.2) is 0 Å². The van der Waals surface area contributed by atoms with Gasteiger partial charge in [-0.05, 0) is 30.3 Å².